The minimum absolute atomic E-state index is 0.255. The van der Waals surface area contributed by atoms with Crippen LogP contribution in [0.25, 0.3) is 28.2 Å². The lowest BCUT2D eigenvalue weighted by Crippen LogP contribution is -2.21. The van der Waals surface area contributed by atoms with Crippen LogP contribution in [-0.2, 0) is 4.79 Å². The number of nitrogens with one attached hydrogen (secondary N) is 1. The largest absolute Gasteiger partial charge is 0.490 e. The molecule has 0 aliphatic heterocycles. The van der Waals surface area contributed by atoms with Crippen molar-refractivity contribution in [3.8, 4) is 22.5 Å². The van der Waals surface area contributed by atoms with Crippen molar-refractivity contribution in [3.63, 3.8) is 0 Å². The van der Waals surface area contributed by atoms with Crippen LogP contribution in [0, 0.1) is 5.82 Å². The first-order valence-electron chi connectivity index (χ1n) is 10.8. The second kappa shape index (κ2) is 10.9. The molecule has 192 valence electrons. The molecule has 0 fully saturated rings. The van der Waals surface area contributed by atoms with Gasteiger partial charge in [-0.2, -0.15) is 18.3 Å². The van der Waals surface area contributed by atoms with E-state index in [9.17, 15) is 22.4 Å². The molecule has 8 nitrogen and oxygen atoms in total. The van der Waals surface area contributed by atoms with Gasteiger partial charge in [0.05, 0.1) is 11.4 Å². The number of carbonyl (C=O) groups excluding carboxylic acids is 1. The molecule has 0 spiro atoms. The predicted octanol–water partition coefficient (Wildman–Crippen LogP) is 5.48. The van der Waals surface area contributed by atoms with Gasteiger partial charge in [-0.15, -0.1) is 0 Å². The number of aliphatic carboxylic acids is 1. The van der Waals surface area contributed by atoms with Crippen molar-refractivity contribution >= 4 is 23.2 Å². The van der Waals surface area contributed by atoms with Gasteiger partial charge in [0.15, 0.2) is 5.65 Å². The van der Waals surface area contributed by atoms with Crippen molar-refractivity contribution in [1.82, 2.24) is 19.6 Å². The molecular weight excluding hydrogens is 506 g/mol. The second-order valence-electron chi connectivity index (χ2n) is 7.71. The van der Waals surface area contributed by atoms with Crippen molar-refractivity contribution in [1.29, 1.82) is 0 Å². The van der Waals surface area contributed by atoms with Gasteiger partial charge in [-0.05, 0) is 48.5 Å². The molecular formula is C26H17F4N5O3. The number of carboxylic acid groups (broad SMARTS) is 1. The highest BCUT2D eigenvalue weighted by atomic mass is 19.4. The molecule has 0 aliphatic rings. The van der Waals surface area contributed by atoms with Gasteiger partial charge >= 0.3 is 12.1 Å². The number of anilines is 1. The first kappa shape index (κ1) is 25.9. The van der Waals surface area contributed by atoms with Crippen LogP contribution in [0.5, 0.6) is 0 Å². The number of aromatic nitrogens is 4. The number of fused-ring (bicyclic) bond motifs is 1. The van der Waals surface area contributed by atoms with Crippen LogP contribution in [0.15, 0.2) is 91.4 Å². The molecule has 0 bridgehead atoms. The molecule has 0 atom stereocenters. The summed E-state index contributed by atoms with van der Waals surface area (Å²) in [5.74, 6) is -3.59. The fourth-order valence-electron chi connectivity index (χ4n) is 3.37. The highest BCUT2D eigenvalue weighted by Gasteiger charge is 2.38. The number of hydrogen-bond acceptors (Lipinski definition) is 5. The molecule has 5 aromatic rings. The predicted molar refractivity (Wildman–Crippen MR) is 130 cm³/mol. The molecule has 2 N–H and O–H groups in total. The SMILES string of the molecule is O=C(Nc1cccc(-c2ccnc3cc(-c4ccncc4)nn23)c1)c1cccc(F)c1.O=C(O)C(F)(F)F. The molecule has 3 heterocycles. The van der Waals surface area contributed by atoms with Crippen LogP contribution in [0.3, 0.4) is 0 Å². The van der Waals surface area contributed by atoms with E-state index in [1.54, 1.807) is 35.2 Å². The second-order valence-corrected chi connectivity index (χ2v) is 7.71. The zero-order valence-electron chi connectivity index (χ0n) is 19.2. The Kier molecular flexibility index (Phi) is 7.42. The number of carbonyl (C=O) groups is 2. The summed E-state index contributed by atoms with van der Waals surface area (Å²) in [5.41, 5.74) is 4.98. The van der Waals surface area contributed by atoms with Crippen LogP contribution in [0.1, 0.15) is 10.4 Å². The number of benzene rings is 2. The van der Waals surface area contributed by atoms with Crippen LogP contribution in [0.2, 0.25) is 0 Å². The summed E-state index contributed by atoms with van der Waals surface area (Å²) in [4.78, 5) is 29.8. The van der Waals surface area contributed by atoms with E-state index in [2.05, 4.69) is 15.3 Å². The molecule has 12 heteroatoms. The van der Waals surface area contributed by atoms with E-state index in [0.717, 1.165) is 22.5 Å². The van der Waals surface area contributed by atoms with Crippen molar-refractivity contribution in [3.05, 3.63) is 103 Å². The number of nitrogens with zero attached hydrogens (tertiary/aromatic N) is 4. The van der Waals surface area contributed by atoms with Gasteiger partial charge in [-0.1, -0.05) is 18.2 Å². The minimum Gasteiger partial charge on any atom is -0.475 e. The Morgan fingerprint density at radius 2 is 1.58 bits per heavy atom. The van der Waals surface area contributed by atoms with Crippen molar-refractivity contribution in [2.45, 2.75) is 6.18 Å². The quantitative estimate of drug-likeness (QED) is 0.302. The van der Waals surface area contributed by atoms with Crippen molar-refractivity contribution < 1.29 is 32.3 Å². The topological polar surface area (TPSA) is 109 Å². The summed E-state index contributed by atoms with van der Waals surface area (Å²) >= 11 is 0. The van der Waals surface area contributed by atoms with Crippen LogP contribution < -0.4 is 5.32 Å². The molecule has 0 radical (unpaired) electrons. The average Bonchev–Trinajstić information content (AvgIpc) is 3.34. The fourth-order valence-corrected chi connectivity index (χ4v) is 3.37. The smallest absolute Gasteiger partial charge is 0.475 e. The van der Waals surface area contributed by atoms with E-state index in [0.29, 0.717) is 11.3 Å². The maximum absolute atomic E-state index is 13.4. The molecule has 0 aliphatic carbocycles. The Bertz CT molecular complexity index is 1600. The Hall–Kier alpha value is -5.13. The number of rotatable bonds is 4. The highest BCUT2D eigenvalue weighted by molar-refractivity contribution is 6.04. The lowest BCUT2D eigenvalue weighted by atomic mass is 10.1. The van der Waals surface area contributed by atoms with Crippen molar-refractivity contribution in [2.75, 3.05) is 5.32 Å². The summed E-state index contributed by atoms with van der Waals surface area (Å²) < 4.78 is 46.9. The van der Waals surface area contributed by atoms with E-state index in [1.807, 2.05) is 42.5 Å². The van der Waals surface area contributed by atoms with Gasteiger partial charge in [-0.25, -0.2) is 18.7 Å². The molecule has 1 amide bonds. The Morgan fingerprint density at radius 1 is 0.868 bits per heavy atom. The molecule has 5 rings (SSSR count). The Morgan fingerprint density at radius 3 is 2.26 bits per heavy atom. The van der Waals surface area contributed by atoms with Gasteiger partial charge in [0, 0.05) is 47.0 Å². The average molecular weight is 523 g/mol. The molecule has 2 aromatic carbocycles. The number of halogens is 4. The Labute approximate surface area is 212 Å². The van der Waals surface area contributed by atoms with Crippen LogP contribution in [-0.4, -0.2) is 42.7 Å². The van der Waals surface area contributed by atoms with Gasteiger partial charge in [0.2, 0.25) is 0 Å². The third-order valence-electron chi connectivity index (χ3n) is 5.08. The third-order valence-corrected chi connectivity index (χ3v) is 5.08. The van der Waals surface area contributed by atoms with Gasteiger partial charge in [-0.3, -0.25) is 9.78 Å². The normalized spacial score (nSPS) is 10.9. The van der Waals surface area contributed by atoms with E-state index in [-0.39, 0.29) is 11.5 Å². The first-order chi connectivity index (χ1) is 18.1. The summed E-state index contributed by atoms with van der Waals surface area (Å²) in [5, 5.41) is 14.6. The Balaban J connectivity index is 0.000000426. The lowest BCUT2D eigenvalue weighted by Gasteiger charge is -2.09. The first-order valence-corrected chi connectivity index (χ1v) is 10.8. The number of alkyl halides is 3. The highest BCUT2D eigenvalue weighted by Crippen LogP contribution is 2.26. The zero-order chi connectivity index (χ0) is 27.3. The number of hydrogen-bond donors (Lipinski definition) is 2. The third kappa shape index (κ3) is 6.16. The standard InChI is InChI=1S/C24H16FN5O.C2HF3O2/c25-19-5-1-4-18(13-19)24(31)28-20-6-2-3-17(14-20)22-9-12-27-23-15-21(29-30(22)23)16-7-10-26-11-8-16;3-2(4,5)1(6)7/h1-15H,(H,28,31);(H,6,7). The summed E-state index contributed by atoms with van der Waals surface area (Å²) in [6.07, 6.45) is 0.0809. The number of amides is 1. The molecule has 3 aromatic heterocycles. The summed E-state index contributed by atoms with van der Waals surface area (Å²) in [6.45, 7) is 0. The summed E-state index contributed by atoms with van der Waals surface area (Å²) in [6, 6.07) is 20.5. The van der Waals surface area contributed by atoms with Crippen molar-refractivity contribution in [2.24, 2.45) is 0 Å². The van der Waals surface area contributed by atoms with E-state index in [1.165, 1.54) is 18.2 Å². The van der Waals surface area contributed by atoms with Crippen LogP contribution in [0.4, 0.5) is 23.2 Å². The molecule has 0 unspecified atom stereocenters. The van der Waals surface area contributed by atoms with Gasteiger partial charge in [0.25, 0.3) is 5.91 Å². The van der Waals surface area contributed by atoms with Crippen LogP contribution >= 0.6 is 0 Å². The van der Waals surface area contributed by atoms with Gasteiger partial charge < -0.3 is 10.4 Å². The molecule has 0 saturated carbocycles. The number of pyridine rings is 1. The van der Waals surface area contributed by atoms with E-state index >= 15 is 0 Å². The van der Waals surface area contributed by atoms with E-state index in [4.69, 9.17) is 15.0 Å². The maximum Gasteiger partial charge on any atom is 0.490 e. The molecule has 0 saturated heterocycles. The fraction of sp³-hybridized carbons (Fsp3) is 0.0385. The maximum atomic E-state index is 13.4. The molecule has 38 heavy (non-hydrogen) atoms. The minimum atomic E-state index is -5.08. The van der Waals surface area contributed by atoms with Gasteiger partial charge in [0.1, 0.15) is 5.82 Å². The number of carboxylic acids is 1. The van der Waals surface area contributed by atoms with E-state index < -0.39 is 18.0 Å². The zero-order valence-corrected chi connectivity index (χ0v) is 19.2. The monoisotopic (exact) mass is 523 g/mol. The lowest BCUT2D eigenvalue weighted by molar-refractivity contribution is -0.192. The summed E-state index contributed by atoms with van der Waals surface area (Å²) in [7, 11) is 0.